The summed E-state index contributed by atoms with van der Waals surface area (Å²) in [7, 11) is 1.32. The molecule has 0 bridgehead atoms. The highest BCUT2D eigenvalue weighted by molar-refractivity contribution is 5.39. The first-order valence-electron chi connectivity index (χ1n) is 3.67. The number of nitrogens with zero attached hydrogens (tertiary/aromatic N) is 5. The van der Waals surface area contributed by atoms with Crippen molar-refractivity contribution < 1.29 is 8.78 Å². The molecular formula is C7H7F2N5. The Morgan fingerprint density at radius 1 is 1.50 bits per heavy atom. The molecular weight excluding hydrogens is 192 g/mol. The first-order chi connectivity index (χ1) is 6.56. The van der Waals surface area contributed by atoms with Gasteiger partial charge in [-0.1, -0.05) is 0 Å². The van der Waals surface area contributed by atoms with E-state index in [9.17, 15) is 8.78 Å². The van der Waals surface area contributed by atoms with Gasteiger partial charge in [-0.05, 0) is 12.1 Å². The lowest BCUT2D eigenvalue weighted by Gasteiger charge is -2.07. The molecule has 5 nitrogen and oxygen atoms in total. The number of anilines is 1. The molecule has 0 aliphatic heterocycles. The molecule has 0 atom stereocenters. The number of aromatic nitrogens is 1. The van der Waals surface area contributed by atoms with E-state index in [1.54, 1.807) is 0 Å². The van der Waals surface area contributed by atoms with Crippen molar-refractivity contribution in [1.29, 1.82) is 0 Å². The van der Waals surface area contributed by atoms with Gasteiger partial charge in [-0.3, -0.25) is 0 Å². The van der Waals surface area contributed by atoms with Crippen LogP contribution in [0.2, 0.25) is 0 Å². The number of hydrogen-bond acceptors (Lipinski definition) is 2. The second kappa shape index (κ2) is 3.89. The smallest absolute Gasteiger partial charge is 0.209 e. The van der Waals surface area contributed by atoms with Gasteiger partial charge in [0, 0.05) is 6.07 Å². The van der Waals surface area contributed by atoms with Crippen LogP contribution in [0.15, 0.2) is 11.3 Å². The van der Waals surface area contributed by atoms with Gasteiger partial charge in [0.2, 0.25) is 0 Å². The Bertz CT molecular complexity index is 399. The molecule has 0 saturated carbocycles. The first-order valence-corrected chi connectivity index (χ1v) is 3.67. The predicted molar refractivity (Wildman–Crippen MR) is 46.4 cm³/mol. The van der Waals surface area contributed by atoms with Crippen molar-refractivity contribution in [3.8, 4) is 0 Å². The SMILES string of the molecule is Cc1nc(N(C)N=[N+]=[N-])c(F)cc1F. The van der Waals surface area contributed by atoms with Crippen molar-refractivity contribution in [3.05, 3.63) is 33.8 Å². The molecule has 1 aromatic heterocycles. The molecule has 1 aromatic rings. The minimum Gasteiger partial charge on any atom is -0.209 e. The molecule has 0 saturated heterocycles. The van der Waals surface area contributed by atoms with E-state index in [1.165, 1.54) is 14.0 Å². The molecule has 0 aromatic carbocycles. The molecule has 1 heterocycles. The number of halogens is 2. The molecule has 0 unspecified atom stereocenters. The van der Waals surface area contributed by atoms with E-state index in [4.69, 9.17) is 5.53 Å². The van der Waals surface area contributed by atoms with E-state index < -0.39 is 11.6 Å². The van der Waals surface area contributed by atoms with E-state index in [1.807, 2.05) is 0 Å². The van der Waals surface area contributed by atoms with Crippen molar-refractivity contribution >= 4 is 5.82 Å². The Hall–Kier alpha value is -1.88. The maximum atomic E-state index is 13.1. The van der Waals surface area contributed by atoms with Crippen LogP contribution in [0, 0.1) is 18.6 Å². The topological polar surface area (TPSA) is 64.9 Å². The highest BCUT2D eigenvalue weighted by Gasteiger charge is 2.15. The van der Waals surface area contributed by atoms with Crippen molar-refractivity contribution in [1.82, 2.24) is 4.98 Å². The van der Waals surface area contributed by atoms with Gasteiger partial charge < -0.3 is 0 Å². The lowest BCUT2D eigenvalue weighted by atomic mass is 10.3. The summed E-state index contributed by atoms with van der Waals surface area (Å²) in [6.07, 6.45) is 0. The first kappa shape index (κ1) is 10.2. The van der Waals surface area contributed by atoms with Crippen LogP contribution in [0.4, 0.5) is 14.6 Å². The van der Waals surface area contributed by atoms with Crippen LogP contribution < -0.4 is 5.01 Å². The highest BCUT2D eigenvalue weighted by atomic mass is 19.1. The Labute approximate surface area is 78.6 Å². The summed E-state index contributed by atoms with van der Waals surface area (Å²) >= 11 is 0. The number of aryl methyl sites for hydroxylation is 1. The van der Waals surface area contributed by atoms with Crippen molar-refractivity contribution in [3.63, 3.8) is 0 Å². The lowest BCUT2D eigenvalue weighted by Crippen LogP contribution is -2.12. The minimum atomic E-state index is -0.872. The van der Waals surface area contributed by atoms with Crippen LogP contribution in [-0.2, 0) is 0 Å². The van der Waals surface area contributed by atoms with E-state index in [-0.39, 0.29) is 11.5 Å². The van der Waals surface area contributed by atoms with Crippen molar-refractivity contribution in [2.45, 2.75) is 6.92 Å². The largest absolute Gasteiger partial charge is 0.260 e. The summed E-state index contributed by atoms with van der Waals surface area (Å²) in [4.78, 5) is 6.06. The Morgan fingerprint density at radius 2 is 2.14 bits per heavy atom. The third-order valence-electron chi connectivity index (χ3n) is 1.57. The molecule has 1 rings (SSSR count). The fraction of sp³-hybridized carbons (Fsp3) is 0.286. The normalized spacial score (nSPS) is 9.43. The standard InChI is InChI=1S/C7H7F2N5/c1-4-5(8)3-6(9)7(11-4)14(2)13-12-10/h3H,1-2H3. The molecule has 0 spiro atoms. The van der Waals surface area contributed by atoms with E-state index in [2.05, 4.69) is 15.1 Å². The van der Waals surface area contributed by atoms with Crippen LogP contribution >= 0.6 is 0 Å². The monoisotopic (exact) mass is 199 g/mol. The average Bonchev–Trinajstić information content (AvgIpc) is 2.11. The summed E-state index contributed by atoms with van der Waals surface area (Å²) in [5.41, 5.74) is 8.15. The number of azide groups is 1. The van der Waals surface area contributed by atoms with Gasteiger partial charge >= 0.3 is 0 Å². The predicted octanol–water partition coefficient (Wildman–Crippen LogP) is 2.33. The summed E-state index contributed by atoms with van der Waals surface area (Å²) in [5.74, 6) is -1.81. The van der Waals surface area contributed by atoms with Crippen molar-refractivity contribution in [2.75, 3.05) is 12.1 Å². The van der Waals surface area contributed by atoms with Gasteiger partial charge in [0.1, 0.15) is 5.82 Å². The van der Waals surface area contributed by atoms with Crippen LogP contribution in [0.1, 0.15) is 5.69 Å². The third kappa shape index (κ3) is 1.89. The zero-order chi connectivity index (χ0) is 10.7. The Morgan fingerprint density at radius 3 is 2.71 bits per heavy atom. The fourth-order valence-corrected chi connectivity index (χ4v) is 0.875. The summed E-state index contributed by atoms with van der Waals surface area (Å²) < 4.78 is 25.9. The van der Waals surface area contributed by atoms with Crippen molar-refractivity contribution in [2.24, 2.45) is 5.22 Å². The molecule has 14 heavy (non-hydrogen) atoms. The van der Waals surface area contributed by atoms with Crippen LogP contribution in [0.5, 0.6) is 0 Å². The van der Waals surface area contributed by atoms with Gasteiger partial charge in [0.15, 0.2) is 5.82 Å². The highest BCUT2D eigenvalue weighted by Crippen LogP contribution is 2.17. The van der Waals surface area contributed by atoms with Gasteiger partial charge in [-0.15, -0.1) is 5.53 Å². The second-order valence-electron chi connectivity index (χ2n) is 2.56. The maximum absolute atomic E-state index is 13.1. The Balaban J connectivity index is 3.21. The molecule has 0 aliphatic carbocycles. The summed E-state index contributed by atoms with van der Waals surface area (Å²) in [5, 5.41) is 4.01. The fourth-order valence-electron chi connectivity index (χ4n) is 0.875. The third-order valence-corrected chi connectivity index (χ3v) is 1.57. The second-order valence-corrected chi connectivity index (χ2v) is 2.56. The lowest BCUT2D eigenvalue weighted by molar-refractivity contribution is 0.563. The zero-order valence-corrected chi connectivity index (χ0v) is 7.57. The molecule has 0 radical (unpaired) electrons. The molecule has 0 fully saturated rings. The average molecular weight is 199 g/mol. The maximum Gasteiger partial charge on any atom is 0.260 e. The van der Waals surface area contributed by atoms with Crippen LogP contribution in [-0.4, -0.2) is 12.0 Å². The van der Waals surface area contributed by atoms with Crippen LogP contribution in [0.25, 0.3) is 10.4 Å². The number of hydrogen-bond donors (Lipinski definition) is 0. The van der Waals surface area contributed by atoms with Gasteiger partial charge in [-0.2, -0.15) is 9.92 Å². The van der Waals surface area contributed by atoms with Gasteiger partial charge in [-0.25, -0.2) is 13.8 Å². The Kier molecular flexibility index (Phi) is 2.83. The van der Waals surface area contributed by atoms with Gasteiger partial charge in [0.25, 0.3) is 5.82 Å². The molecule has 0 N–H and O–H groups in total. The van der Waals surface area contributed by atoms with E-state index in [0.717, 1.165) is 5.01 Å². The summed E-state index contributed by atoms with van der Waals surface area (Å²) in [6, 6.07) is 0.695. The minimum absolute atomic E-state index is 0.0430. The quantitative estimate of drug-likeness (QED) is 0.317. The molecule has 0 aliphatic rings. The van der Waals surface area contributed by atoms with E-state index in [0.29, 0.717) is 6.07 Å². The van der Waals surface area contributed by atoms with Gasteiger partial charge in [0.05, 0.1) is 12.7 Å². The number of rotatable bonds is 2. The molecule has 0 amide bonds. The zero-order valence-electron chi connectivity index (χ0n) is 7.57. The summed E-state index contributed by atoms with van der Waals surface area (Å²) in [6.45, 7) is 1.39. The molecule has 74 valence electrons. The molecule has 7 heteroatoms. The van der Waals surface area contributed by atoms with E-state index >= 15 is 0 Å². The number of pyridine rings is 1. The van der Waals surface area contributed by atoms with Crippen LogP contribution in [0.3, 0.4) is 0 Å².